The monoisotopic (exact) mass is 407 g/mol. The molecule has 0 spiro atoms. The summed E-state index contributed by atoms with van der Waals surface area (Å²) in [4.78, 5) is 0. The Kier molecular flexibility index (Phi) is 9.30. The van der Waals surface area contributed by atoms with Crippen LogP contribution in [0.5, 0.6) is 0 Å². The molecule has 1 aromatic carbocycles. The van der Waals surface area contributed by atoms with Crippen molar-refractivity contribution < 1.29 is 0 Å². The first-order chi connectivity index (χ1) is 13.0. The maximum Gasteiger partial charge on any atom is 0.146 e. The highest BCUT2D eigenvalue weighted by molar-refractivity contribution is 6.90. The Morgan fingerprint density at radius 2 is 1.21 bits per heavy atom. The molecule has 0 saturated heterocycles. The molecule has 1 nitrogen and oxygen atoms in total. The zero-order valence-corrected chi connectivity index (χ0v) is 21.1. The molecular formula is C25H37NSi2. The van der Waals surface area contributed by atoms with Crippen LogP contribution in [-0.2, 0) is 0 Å². The van der Waals surface area contributed by atoms with E-state index in [4.69, 9.17) is 5.26 Å². The van der Waals surface area contributed by atoms with Gasteiger partial charge in [-0.3, -0.25) is 0 Å². The fourth-order valence-corrected chi connectivity index (χ4v) is 11.1. The Morgan fingerprint density at radius 1 is 0.786 bits per heavy atom. The average Bonchev–Trinajstić information content (AvgIpc) is 2.61. The van der Waals surface area contributed by atoms with Crippen molar-refractivity contribution in [3.63, 3.8) is 0 Å². The molecule has 1 aromatic rings. The van der Waals surface area contributed by atoms with Crippen LogP contribution in [0.3, 0.4) is 0 Å². The van der Waals surface area contributed by atoms with Gasteiger partial charge in [0.25, 0.3) is 0 Å². The van der Waals surface area contributed by atoms with Crippen LogP contribution in [0.15, 0.2) is 24.3 Å². The van der Waals surface area contributed by atoms with Crippen LogP contribution < -0.4 is 0 Å². The molecule has 0 fully saturated rings. The fraction of sp³-hybridized carbons (Fsp3) is 0.560. The first kappa shape index (κ1) is 24.3. The van der Waals surface area contributed by atoms with Gasteiger partial charge in [-0.05, 0) is 53.4 Å². The summed E-state index contributed by atoms with van der Waals surface area (Å²) in [5.74, 6) is 6.86. The number of nitriles is 1. The van der Waals surface area contributed by atoms with E-state index in [0.717, 1.165) is 23.6 Å². The van der Waals surface area contributed by atoms with E-state index in [1.165, 1.54) is 0 Å². The number of nitrogens with zero attached hydrogens (tertiary/aromatic N) is 1. The summed E-state index contributed by atoms with van der Waals surface area (Å²) >= 11 is 0. The SMILES string of the molecule is CC(C)[Si](C#Cc1ccc(C#C[Si](C)(C)CCCC#N)cc1)(C(C)C)C(C)C. The molecule has 0 saturated carbocycles. The van der Waals surface area contributed by atoms with E-state index in [-0.39, 0.29) is 0 Å². The molecule has 0 radical (unpaired) electrons. The number of rotatable bonds is 6. The van der Waals surface area contributed by atoms with Gasteiger partial charge in [-0.1, -0.05) is 66.5 Å². The van der Waals surface area contributed by atoms with Gasteiger partial charge in [0.15, 0.2) is 0 Å². The zero-order valence-electron chi connectivity index (χ0n) is 19.1. The first-order valence-corrected chi connectivity index (χ1v) is 16.0. The molecule has 150 valence electrons. The largest absolute Gasteiger partial charge is 0.198 e. The lowest BCUT2D eigenvalue weighted by Gasteiger charge is -2.38. The van der Waals surface area contributed by atoms with E-state index in [1.807, 2.05) is 0 Å². The van der Waals surface area contributed by atoms with Crippen molar-refractivity contribution in [3.05, 3.63) is 35.4 Å². The topological polar surface area (TPSA) is 23.8 Å². The third kappa shape index (κ3) is 6.70. The minimum absolute atomic E-state index is 0.638. The highest BCUT2D eigenvalue weighted by Gasteiger charge is 2.41. The van der Waals surface area contributed by atoms with Crippen molar-refractivity contribution in [2.24, 2.45) is 0 Å². The third-order valence-corrected chi connectivity index (χ3v) is 14.5. The van der Waals surface area contributed by atoms with Gasteiger partial charge in [-0.25, -0.2) is 0 Å². The molecule has 0 aliphatic heterocycles. The molecule has 0 aromatic heterocycles. The van der Waals surface area contributed by atoms with E-state index in [1.54, 1.807) is 0 Å². The van der Waals surface area contributed by atoms with Crippen molar-refractivity contribution in [1.82, 2.24) is 0 Å². The second kappa shape index (κ2) is 10.7. The Bertz CT molecular complexity index is 766. The Balaban J connectivity index is 3.00. The van der Waals surface area contributed by atoms with Gasteiger partial charge in [-0.15, -0.1) is 11.1 Å². The van der Waals surface area contributed by atoms with Crippen LogP contribution in [0.2, 0.25) is 35.8 Å². The third-order valence-electron chi connectivity index (χ3n) is 5.81. The van der Waals surface area contributed by atoms with E-state index < -0.39 is 16.1 Å². The Labute approximate surface area is 176 Å². The van der Waals surface area contributed by atoms with Crippen molar-refractivity contribution in [1.29, 1.82) is 5.26 Å². The normalized spacial score (nSPS) is 11.6. The fourth-order valence-electron chi connectivity index (χ4n) is 4.16. The maximum absolute atomic E-state index is 8.70. The Morgan fingerprint density at radius 3 is 1.61 bits per heavy atom. The second-order valence-electron chi connectivity index (χ2n) is 9.37. The van der Waals surface area contributed by atoms with Crippen molar-refractivity contribution in [2.45, 2.75) is 90.1 Å². The van der Waals surface area contributed by atoms with Crippen molar-refractivity contribution in [2.75, 3.05) is 0 Å². The second-order valence-corrected chi connectivity index (χ2v) is 19.5. The summed E-state index contributed by atoms with van der Waals surface area (Å²) in [7, 11) is -3.24. The molecule has 0 aliphatic rings. The first-order valence-electron chi connectivity index (χ1n) is 10.6. The Hall–Kier alpha value is -1.74. The van der Waals surface area contributed by atoms with E-state index in [2.05, 4.69) is 108 Å². The van der Waals surface area contributed by atoms with Crippen LogP contribution in [0.1, 0.15) is 65.5 Å². The van der Waals surface area contributed by atoms with Gasteiger partial charge in [0, 0.05) is 17.5 Å². The van der Waals surface area contributed by atoms with E-state index in [9.17, 15) is 0 Å². The van der Waals surface area contributed by atoms with Gasteiger partial charge in [-0.2, -0.15) is 5.26 Å². The number of hydrogen-bond donors (Lipinski definition) is 0. The number of benzene rings is 1. The molecule has 0 atom stereocenters. The molecule has 1 rings (SSSR count). The molecule has 0 amide bonds. The highest BCUT2D eigenvalue weighted by Crippen LogP contribution is 2.40. The summed E-state index contributed by atoms with van der Waals surface area (Å²) in [5.41, 5.74) is 11.4. The smallest absolute Gasteiger partial charge is 0.146 e. The lowest BCUT2D eigenvalue weighted by molar-refractivity contribution is 0.838. The van der Waals surface area contributed by atoms with Crippen LogP contribution in [0, 0.1) is 34.3 Å². The van der Waals surface area contributed by atoms with Crippen LogP contribution in [0.4, 0.5) is 0 Å². The quantitative estimate of drug-likeness (QED) is 0.279. The van der Waals surface area contributed by atoms with Gasteiger partial charge >= 0.3 is 0 Å². The van der Waals surface area contributed by atoms with Crippen molar-refractivity contribution in [3.8, 4) is 29.0 Å². The summed E-state index contributed by atoms with van der Waals surface area (Å²) in [6, 6.07) is 11.7. The average molecular weight is 408 g/mol. The molecular weight excluding hydrogens is 370 g/mol. The minimum atomic E-state index is -1.69. The predicted octanol–water partition coefficient (Wildman–Crippen LogP) is 7.16. The number of unbranched alkanes of at least 4 members (excludes halogenated alkanes) is 1. The summed E-state index contributed by atoms with van der Waals surface area (Å²) in [5, 5.41) is 8.70. The van der Waals surface area contributed by atoms with Gasteiger partial charge in [0.1, 0.15) is 16.1 Å². The van der Waals surface area contributed by atoms with Gasteiger partial charge in [0.05, 0.1) is 6.07 Å². The highest BCUT2D eigenvalue weighted by atomic mass is 28.3. The maximum atomic E-state index is 8.70. The zero-order chi connectivity index (χ0) is 21.4. The van der Waals surface area contributed by atoms with Gasteiger partial charge in [0.2, 0.25) is 0 Å². The number of hydrogen-bond acceptors (Lipinski definition) is 1. The predicted molar refractivity (Wildman–Crippen MR) is 128 cm³/mol. The molecule has 0 N–H and O–H groups in total. The lowest BCUT2D eigenvalue weighted by Crippen LogP contribution is -2.43. The van der Waals surface area contributed by atoms with Crippen LogP contribution in [-0.4, -0.2) is 16.1 Å². The van der Waals surface area contributed by atoms with E-state index in [0.29, 0.717) is 23.0 Å². The summed E-state index contributed by atoms with van der Waals surface area (Å²) in [6.45, 7) is 18.7. The molecule has 3 heteroatoms. The van der Waals surface area contributed by atoms with Crippen LogP contribution >= 0.6 is 0 Å². The molecule has 0 heterocycles. The molecule has 0 unspecified atom stereocenters. The van der Waals surface area contributed by atoms with E-state index >= 15 is 0 Å². The van der Waals surface area contributed by atoms with Crippen molar-refractivity contribution >= 4 is 16.1 Å². The molecule has 28 heavy (non-hydrogen) atoms. The summed E-state index contributed by atoms with van der Waals surface area (Å²) < 4.78 is 0. The van der Waals surface area contributed by atoms with Crippen LogP contribution in [0.25, 0.3) is 0 Å². The summed E-state index contributed by atoms with van der Waals surface area (Å²) in [6.07, 6.45) is 1.60. The van der Waals surface area contributed by atoms with Gasteiger partial charge < -0.3 is 0 Å². The molecule has 0 bridgehead atoms. The molecule has 0 aliphatic carbocycles. The standard InChI is InChI=1S/C25H37NSi2/c1-21(2)28(22(3)4,23(5)6)20-16-25-13-11-24(12-14-25)15-19-27(7,8)18-10-9-17-26/h11-14,21-23H,9-10,18H2,1-8H3. The lowest BCUT2D eigenvalue weighted by atomic mass is 10.1. The minimum Gasteiger partial charge on any atom is -0.198 e.